The number of hydrogen-bond acceptors (Lipinski definition) is 4. The van der Waals surface area contributed by atoms with Gasteiger partial charge in [-0.1, -0.05) is 24.3 Å². The van der Waals surface area contributed by atoms with Gasteiger partial charge in [-0.05, 0) is 29.3 Å². The lowest BCUT2D eigenvalue weighted by atomic mass is 9.79. The molecule has 0 bridgehead atoms. The number of pyridine rings is 1. The Morgan fingerprint density at radius 1 is 1.11 bits per heavy atom. The molecule has 1 aliphatic rings. The molecule has 0 fully saturated rings. The molecule has 4 rings (SSSR count). The summed E-state index contributed by atoms with van der Waals surface area (Å²) in [4.78, 5) is 31.2. The third kappa shape index (κ3) is 5.23. The highest BCUT2D eigenvalue weighted by molar-refractivity contribution is 6.04. The van der Waals surface area contributed by atoms with Gasteiger partial charge in [-0.15, -0.1) is 0 Å². The number of nitrogens with zero attached hydrogens (tertiary/aromatic N) is 2. The van der Waals surface area contributed by atoms with Crippen LogP contribution in [-0.4, -0.2) is 41.3 Å². The second-order valence-electron chi connectivity index (χ2n) is 7.76. The van der Waals surface area contributed by atoms with Crippen molar-refractivity contribution >= 4 is 17.5 Å². The molecule has 35 heavy (non-hydrogen) atoms. The topological polar surface area (TPSA) is 71.5 Å². The Kier molecular flexibility index (Phi) is 6.68. The molecule has 2 aromatic carbocycles. The summed E-state index contributed by atoms with van der Waals surface area (Å²) in [6.45, 7) is -2.83. The summed E-state index contributed by atoms with van der Waals surface area (Å²) in [5.74, 6) is -4.01. The van der Waals surface area contributed by atoms with E-state index in [-0.39, 0.29) is 28.1 Å². The third-order valence-electron chi connectivity index (χ3n) is 5.46. The molecule has 2 atom stereocenters. The average molecular weight is 491 g/mol. The fourth-order valence-corrected chi connectivity index (χ4v) is 4.17. The van der Waals surface area contributed by atoms with Crippen molar-refractivity contribution in [2.24, 2.45) is 0 Å². The summed E-state index contributed by atoms with van der Waals surface area (Å²) in [7, 11) is 0. The number of hydrogen-bond donors (Lipinski definition) is 1. The number of halogens is 5. The number of carbonyl (C=O) groups is 2. The van der Waals surface area contributed by atoms with E-state index >= 15 is 0 Å². The molecule has 182 valence electrons. The molecule has 2 amide bonds. The minimum absolute atomic E-state index is 0.0577. The molecule has 3 aromatic rings. The first-order valence-electron chi connectivity index (χ1n) is 10.3. The summed E-state index contributed by atoms with van der Waals surface area (Å²) < 4.78 is 71.7. The van der Waals surface area contributed by atoms with Gasteiger partial charge < -0.3 is 15.0 Å². The summed E-state index contributed by atoms with van der Waals surface area (Å²) in [6.07, 6.45) is -2.06. The maximum atomic E-state index is 14.0. The van der Waals surface area contributed by atoms with Gasteiger partial charge in [0.05, 0.1) is 12.0 Å². The second kappa shape index (κ2) is 9.69. The fraction of sp³-hybridized carbons (Fsp3) is 0.208. The van der Waals surface area contributed by atoms with Gasteiger partial charge in [0.25, 0.3) is 5.91 Å². The Hall–Kier alpha value is -4.02. The van der Waals surface area contributed by atoms with Crippen molar-refractivity contribution in [3.63, 3.8) is 0 Å². The molecular formula is C24H18F5N3O3. The summed E-state index contributed by atoms with van der Waals surface area (Å²) >= 11 is 0. The molecule has 0 unspecified atom stereocenters. The van der Waals surface area contributed by atoms with Gasteiger partial charge >= 0.3 is 6.18 Å². The van der Waals surface area contributed by atoms with Gasteiger partial charge in [-0.2, -0.15) is 13.2 Å². The first kappa shape index (κ1) is 24.1. The number of anilines is 1. The number of aromatic nitrogens is 1. The van der Waals surface area contributed by atoms with E-state index in [1.807, 2.05) is 0 Å². The molecule has 0 spiro atoms. The van der Waals surface area contributed by atoms with Crippen molar-refractivity contribution in [3.8, 4) is 5.75 Å². The van der Waals surface area contributed by atoms with Crippen LogP contribution in [0.5, 0.6) is 5.75 Å². The normalized spacial score (nSPS) is 17.6. The molecule has 0 radical (unpaired) electrons. The Balaban J connectivity index is 1.82. The maximum Gasteiger partial charge on any atom is 0.406 e. The number of alkyl halides is 4. The quantitative estimate of drug-likeness (QED) is 0.493. The molecule has 1 aliphatic heterocycles. The number of nitrogens with one attached hydrogen (secondary N) is 1. The van der Waals surface area contributed by atoms with Gasteiger partial charge in [0.2, 0.25) is 12.8 Å². The van der Waals surface area contributed by atoms with Crippen LogP contribution in [0.25, 0.3) is 0 Å². The maximum absolute atomic E-state index is 14.0. The first-order valence-corrected chi connectivity index (χ1v) is 10.3. The Morgan fingerprint density at radius 2 is 1.89 bits per heavy atom. The van der Waals surface area contributed by atoms with E-state index in [4.69, 9.17) is 0 Å². The lowest BCUT2D eigenvalue weighted by Gasteiger charge is -2.41. The van der Waals surface area contributed by atoms with Crippen LogP contribution >= 0.6 is 0 Å². The van der Waals surface area contributed by atoms with Crippen molar-refractivity contribution < 1.29 is 36.3 Å². The van der Waals surface area contributed by atoms with E-state index in [0.29, 0.717) is 4.90 Å². The zero-order valence-corrected chi connectivity index (χ0v) is 17.9. The van der Waals surface area contributed by atoms with Crippen LogP contribution in [-0.2, 0) is 4.79 Å². The van der Waals surface area contributed by atoms with Gasteiger partial charge in [-0.25, -0.2) is 8.78 Å². The first-order chi connectivity index (χ1) is 16.7. The zero-order chi connectivity index (χ0) is 25.2. The zero-order valence-electron chi connectivity index (χ0n) is 17.9. The van der Waals surface area contributed by atoms with Crippen LogP contribution in [0.4, 0.5) is 27.6 Å². The van der Waals surface area contributed by atoms with E-state index in [1.165, 1.54) is 48.8 Å². The molecule has 11 heteroatoms. The third-order valence-corrected chi connectivity index (χ3v) is 5.46. The van der Waals surface area contributed by atoms with Crippen LogP contribution in [0.3, 0.4) is 0 Å². The summed E-state index contributed by atoms with van der Waals surface area (Å²) in [5.41, 5.74) is 0.261. The predicted octanol–water partition coefficient (Wildman–Crippen LogP) is 5.01. The monoisotopic (exact) mass is 491 g/mol. The van der Waals surface area contributed by atoms with E-state index in [1.54, 1.807) is 6.07 Å². The molecule has 0 saturated carbocycles. The molecule has 1 aromatic heterocycles. The van der Waals surface area contributed by atoms with Crippen LogP contribution in [0.1, 0.15) is 33.4 Å². The highest BCUT2D eigenvalue weighted by Gasteiger charge is 2.47. The second-order valence-corrected chi connectivity index (χ2v) is 7.76. The number of benzene rings is 2. The number of ether oxygens (including phenoxy) is 1. The van der Waals surface area contributed by atoms with Gasteiger partial charge in [0, 0.05) is 35.8 Å². The van der Waals surface area contributed by atoms with Crippen molar-refractivity contribution in [2.45, 2.75) is 18.1 Å². The van der Waals surface area contributed by atoms with Crippen molar-refractivity contribution in [1.29, 1.82) is 0 Å². The average Bonchev–Trinajstić information content (AvgIpc) is 2.80. The molecule has 0 aliphatic carbocycles. The Bertz CT molecular complexity index is 1240. The van der Waals surface area contributed by atoms with Crippen LogP contribution in [0, 0.1) is 5.82 Å². The highest BCUT2D eigenvalue weighted by atomic mass is 19.4. The van der Waals surface area contributed by atoms with Gasteiger partial charge in [0.1, 0.15) is 18.1 Å². The number of rotatable bonds is 6. The minimum atomic E-state index is -4.75. The van der Waals surface area contributed by atoms with E-state index in [9.17, 15) is 31.5 Å². The van der Waals surface area contributed by atoms with Gasteiger partial charge in [0.15, 0.2) is 0 Å². The van der Waals surface area contributed by atoms with Crippen LogP contribution in [0.15, 0.2) is 67.0 Å². The number of amides is 2. The lowest BCUT2D eigenvalue weighted by Crippen LogP contribution is -2.49. The van der Waals surface area contributed by atoms with Crippen LogP contribution < -0.4 is 10.1 Å². The Labute approximate surface area is 196 Å². The van der Waals surface area contributed by atoms with Crippen LogP contribution in [0.2, 0.25) is 0 Å². The smallest absolute Gasteiger partial charge is 0.406 e. The Morgan fingerprint density at radius 3 is 2.57 bits per heavy atom. The molecule has 6 nitrogen and oxygen atoms in total. The van der Waals surface area contributed by atoms with Crippen molar-refractivity contribution in [2.75, 3.05) is 18.7 Å². The molecule has 1 N–H and O–H groups in total. The predicted molar refractivity (Wildman–Crippen MR) is 115 cm³/mol. The number of carbonyl (C=O) groups excluding carboxylic acids is 2. The van der Waals surface area contributed by atoms with E-state index < -0.39 is 49.2 Å². The highest BCUT2D eigenvalue weighted by Crippen LogP contribution is 2.44. The van der Waals surface area contributed by atoms with E-state index in [0.717, 1.165) is 12.1 Å². The van der Waals surface area contributed by atoms with Crippen molar-refractivity contribution in [3.05, 3.63) is 89.5 Å². The standard InChI is InChI=1S/C24H18F5N3O3/c25-13-35-17-9-15(26)8-16(10-17)31-22(33)20-18-5-1-2-6-19(18)23(34)32(12-24(27,28)29)21(20)14-4-3-7-30-11-14/h1-11,20-21H,12-13H2,(H,31,33)/t20-,21+/m1/s1. The number of fused-ring (bicyclic) bond motifs is 1. The fourth-order valence-electron chi connectivity index (χ4n) is 4.17. The molecular weight excluding hydrogens is 473 g/mol. The van der Waals surface area contributed by atoms with Gasteiger partial charge in [-0.3, -0.25) is 14.6 Å². The van der Waals surface area contributed by atoms with Crippen molar-refractivity contribution in [1.82, 2.24) is 9.88 Å². The minimum Gasteiger partial charge on any atom is -0.463 e. The SMILES string of the molecule is O=C(Nc1cc(F)cc(OCF)c1)[C@@H]1c2ccccc2C(=O)N(CC(F)(F)F)[C@H]1c1cccnc1. The molecule has 0 saturated heterocycles. The summed E-state index contributed by atoms with van der Waals surface area (Å²) in [5, 5.41) is 2.47. The lowest BCUT2D eigenvalue weighted by molar-refractivity contribution is -0.148. The summed E-state index contributed by atoms with van der Waals surface area (Å²) in [6, 6.07) is 10.5. The molecule has 2 heterocycles. The largest absolute Gasteiger partial charge is 0.463 e. The van der Waals surface area contributed by atoms with E-state index in [2.05, 4.69) is 15.0 Å².